The van der Waals surface area contributed by atoms with E-state index in [2.05, 4.69) is 5.10 Å². The number of carbonyl (C=O) groups is 1. The Balaban J connectivity index is 1.72. The number of hydrogen-bond donors (Lipinski definition) is 0. The molecule has 0 N–H and O–H groups in total. The highest BCUT2D eigenvalue weighted by Gasteiger charge is 2.26. The Bertz CT molecular complexity index is 879. The van der Waals surface area contributed by atoms with E-state index in [1.165, 1.54) is 0 Å². The molecule has 0 atom stereocenters. The lowest BCUT2D eigenvalue weighted by Crippen LogP contribution is -2.00. The minimum Gasteiger partial charge on any atom is -0.422 e. The van der Waals surface area contributed by atoms with Gasteiger partial charge in [-0.3, -0.25) is 0 Å². The highest BCUT2D eigenvalue weighted by molar-refractivity contribution is 6.25. The van der Waals surface area contributed by atoms with E-state index in [0.717, 1.165) is 16.8 Å². The standard InChI is InChI=1S/C18H12N2O2/c21-18-16(15-8-4-5-9-17(15)22-18)10-13-11-19-20(12-13)14-6-2-1-3-7-14/h1-12H. The van der Waals surface area contributed by atoms with Gasteiger partial charge < -0.3 is 4.74 Å². The van der Waals surface area contributed by atoms with Crippen molar-refractivity contribution in [3.63, 3.8) is 0 Å². The van der Waals surface area contributed by atoms with E-state index in [1.807, 2.05) is 54.7 Å². The Morgan fingerprint density at radius 1 is 1.00 bits per heavy atom. The first-order valence-corrected chi connectivity index (χ1v) is 6.95. The number of para-hydroxylation sites is 2. The molecule has 4 rings (SSSR count). The molecule has 4 nitrogen and oxygen atoms in total. The molecule has 0 saturated carbocycles. The smallest absolute Gasteiger partial charge is 0.344 e. The van der Waals surface area contributed by atoms with Gasteiger partial charge in [-0.1, -0.05) is 36.4 Å². The number of nitrogens with zero attached hydrogens (tertiary/aromatic N) is 2. The van der Waals surface area contributed by atoms with Gasteiger partial charge >= 0.3 is 5.97 Å². The minimum absolute atomic E-state index is 0.325. The first kappa shape index (κ1) is 12.6. The zero-order valence-corrected chi connectivity index (χ0v) is 11.6. The van der Waals surface area contributed by atoms with Crippen LogP contribution in [0.25, 0.3) is 17.3 Å². The molecule has 0 spiro atoms. The van der Waals surface area contributed by atoms with Crippen molar-refractivity contribution < 1.29 is 9.53 Å². The van der Waals surface area contributed by atoms with Crippen molar-refractivity contribution in [2.24, 2.45) is 0 Å². The van der Waals surface area contributed by atoms with E-state index >= 15 is 0 Å². The molecular formula is C18H12N2O2. The van der Waals surface area contributed by atoms with Gasteiger partial charge in [-0.2, -0.15) is 5.10 Å². The van der Waals surface area contributed by atoms with Gasteiger partial charge in [-0.05, 0) is 24.3 Å². The van der Waals surface area contributed by atoms with E-state index in [0.29, 0.717) is 11.3 Å². The van der Waals surface area contributed by atoms with Crippen LogP contribution in [-0.4, -0.2) is 15.7 Å². The van der Waals surface area contributed by atoms with Crippen LogP contribution < -0.4 is 4.74 Å². The molecule has 2 aromatic carbocycles. The fraction of sp³-hybridized carbons (Fsp3) is 0. The maximum Gasteiger partial charge on any atom is 0.344 e. The molecule has 0 fully saturated rings. The van der Waals surface area contributed by atoms with Crippen molar-refractivity contribution in [3.8, 4) is 11.4 Å². The second-order valence-electron chi connectivity index (χ2n) is 5.00. The van der Waals surface area contributed by atoms with Gasteiger partial charge in [0.25, 0.3) is 0 Å². The molecule has 0 unspecified atom stereocenters. The highest BCUT2D eigenvalue weighted by Crippen LogP contribution is 2.34. The van der Waals surface area contributed by atoms with Crippen LogP contribution >= 0.6 is 0 Å². The van der Waals surface area contributed by atoms with Crippen LogP contribution in [0.2, 0.25) is 0 Å². The average Bonchev–Trinajstić information content (AvgIpc) is 3.14. The van der Waals surface area contributed by atoms with Crippen molar-refractivity contribution in [3.05, 3.63) is 78.1 Å². The van der Waals surface area contributed by atoms with Crippen LogP contribution in [0.15, 0.2) is 67.0 Å². The Morgan fingerprint density at radius 3 is 2.64 bits per heavy atom. The normalized spacial score (nSPS) is 14.9. The molecule has 3 aromatic rings. The van der Waals surface area contributed by atoms with E-state index in [4.69, 9.17) is 4.74 Å². The first-order valence-electron chi connectivity index (χ1n) is 6.95. The van der Waals surface area contributed by atoms with Gasteiger partial charge in [0.1, 0.15) is 5.75 Å². The predicted molar refractivity (Wildman–Crippen MR) is 83.5 cm³/mol. The van der Waals surface area contributed by atoms with Crippen molar-refractivity contribution >= 4 is 17.6 Å². The summed E-state index contributed by atoms with van der Waals surface area (Å²) in [5.41, 5.74) is 3.21. The van der Waals surface area contributed by atoms with E-state index in [-0.39, 0.29) is 5.97 Å². The Labute approximate surface area is 127 Å². The molecule has 0 radical (unpaired) electrons. The summed E-state index contributed by atoms with van der Waals surface area (Å²) >= 11 is 0. The number of esters is 1. The van der Waals surface area contributed by atoms with Crippen LogP contribution in [0.3, 0.4) is 0 Å². The maximum absolute atomic E-state index is 12.0. The van der Waals surface area contributed by atoms with E-state index in [9.17, 15) is 4.79 Å². The zero-order valence-electron chi connectivity index (χ0n) is 11.6. The highest BCUT2D eigenvalue weighted by atomic mass is 16.5. The monoisotopic (exact) mass is 288 g/mol. The molecule has 0 bridgehead atoms. The van der Waals surface area contributed by atoms with E-state index < -0.39 is 0 Å². The number of ether oxygens (including phenoxy) is 1. The quantitative estimate of drug-likeness (QED) is 0.413. The summed E-state index contributed by atoms with van der Waals surface area (Å²) in [7, 11) is 0. The van der Waals surface area contributed by atoms with Crippen LogP contribution in [0, 0.1) is 0 Å². The summed E-state index contributed by atoms with van der Waals surface area (Å²) in [5.74, 6) is 0.280. The fourth-order valence-electron chi connectivity index (χ4n) is 2.48. The second kappa shape index (κ2) is 5.00. The molecule has 1 aromatic heterocycles. The molecule has 0 amide bonds. The summed E-state index contributed by atoms with van der Waals surface area (Å²) in [4.78, 5) is 12.0. The van der Waals surface area contributed by atoms with Gasteiger partial charge in [0.05, 0.1) is 17.5 Å². The average molecular weight is 288 g/mol. The number of carbonyl (C=O) groups excluding carboxylic acids is 1. The summed E-state index contributed by atoms with van der Waals surface area (Å²) in [6.07, 6.45) is 5.42. The number of fused-ring (bicyclic) bond motifs is 1. The molecule has 106 valence electrons. The number of benzene rings is 2. The summed E-state index contributed by atoms with van der Waals surface area (Å²) < 4.78 is 7.03. The molecule has 1 aliphatic heterocycles. The number of hydrogen-bond acceptors (Lipinski definition) is 3. The molecule has 4 heteroatoms. The van der Waals surface area contributed by atoms with Gasteiger partial charge in [0.15, 0.2) is 0 Å². The topological polar surface area (TPSA) is 44.1 Å². The predicted octanol–water partition coefficient (Wildman–Crippen LogP) is 3.33. The number of rotatable bonds is 2. The Hall–Kier alpha value is -3.14. The molecule has 0 aliphatic carbocycles. The molecule has 22 heavy (non-hydrogen) atoms. The third-order valence-electron chi connectivity index (χ3n) is 3.53. The molecular weight excluding hydrogens is 276 g/mol. The number of aromatic nitrogens is 2. The third kappa shape index (κ3) is 2.11. The SMILES string of the molecule is O=C1Oc2ccccc2C1=Cc1cnn(-c2ccccc2)c1. The van der Waals surface area contributed by atoms with Crippen molar-refractivity contribution in [2.75, 3.05) is 0 Å². The summed E-state index contributed by atoms with van der Waals surface area (Å²) in [6, 6.07) is 17.2. The van der Waals surface area contributed by atoms with Gasteiger partial charge in [0.2, 0.25) is 0 Å². The lowest BCUT2D eigenvalue weighted by atomic mass is 10.1. The van der Waals surface area contributed by atoms with E-state index in [1.54, 1.807) is 23.0 Å². The third-order valence-corrected chi connectivity index (χ3v) is 3.53. The van der Waals surface area contributed by atoms with Crippen molar-refractivity contribution in [2.45, 2.75) is 0 Å². The van der Waals surface area contributed by atoms with Gasteiger partial charge in [-0.15, -0.1) is 0 Å². The summed E-state index contributed by atoms with van der Waals surface area (Å²) in [6.45, 7) is 0. The largest absolute Gasteiger partial charge is 0.422 e. The lowest BCUT2D eigenvalue weighted by Gasteiger charge is -1.98. The molecule has 1 aliphatic rings. The zero-order chi connectivity index (χ0) is 14.9. The van der Waals surface area contributed by atoms with Gasteiger partial charge in [0, 0.05) is 17.3 Å². The fourth-order valence-corrected chi connectivity index (χ4v) is 2.48. The van der Waals surface area contributed by atoms with Crippen molar-refractivity contribution in [1.82, 2.24) is 9.78 Å². The van der Waals surface area contributed by atoms with Crippen LogP contribution in [0.1, 0.15) is 11.1 Å². The minimum atomic E-state index is -0.325. The van der Waals surface area contributed by atoms with Crippen LogP contribution in [-0.2, 0) is 4.79 Å². The van der Waals surface area contributed by atoms with Crippen molar-refractivity contribution in [1.29, 1.82) is 0 Å². The van der Waals surface area contributed by atoms with Crippen LogP contribution in [0.5, 0.6) is 5.75 Å². The summed E-state index contributed by atoms with van der Waals surface area (Å²) in [5, 5.41) is 4.33. The van der Waals surface area contributed by atoms with Gasteiger partial charge in [-0.25, -0.2) is 9.48 Å². The first-order chi connectivity index (χ1) is 10.8. The molecule has 2 heterocycles. The Morgan fingerprint density at radius 2 is 1.77 bits per heavy atom. The van der Waals surface area contributed by atoms with Crippen LogP contribution in [0.4, 0.5) is 0 Å². The Kier molecular flexibility index (Phi) is 2.86. The maximum atomic E-state index is 12.0. The second-order valence-corrected chi connectivity index (χ2v) is 5.00. The lowest BCUT2D eigenvalue weighted by molar-refractivity contribution is -0.126. The molecule has 0 saturated heterocycles.